The molecule has 1 aromatic carbocycles. The molecule has 6 nitrogen and oxygen atoms in total. The zero-order valence-electron chi connectivity index (χ0n) is 14.1. The number of hydrogen-bond donors (Lipinski definition) is 2. The molecule has 2 aliphatic rings. The Bertz CT molecular complexity index is 786. The van der Waals surface area contributed by atoms with Gasteiger partial charge in [-0.15, -0.1) is 12.4 Å². The number of ketones is 1. The Morgan fingerprint density at radius 2 is 1.88 bits per heavy atom. The molecule has 0 aromatic heterocycles. The number of halogens is 1. The van der Waals surface area contributed by atoms with Gasteiger partial charge in [0.15, 0.2) is 20.4 Å². The maximum absolute atomic E-state index is 12.8. The first-order valence-electron chi connectivity index (χ1n) is 8.21. The summed E-state index contributed by atoms with van der Waals surface area (Å²) in [6.07, 6.45) is 3.84. The monoisotopic (exact) mass is 386 g/mol. The summed E-state index contributed by atoms with van der Waals surface area (Å²) in [4.78, 5) is 24.8. The highest BCUT2D eigenvalue weighted by Crippen LogP contribution is 2.30. The predicted molar refractivity (Wildman–Crippen MR) is 99.3 cm³/mol. The van der Waals surface area contributed by atoms with Crippen LogP contribution in [0.3, 0.4) is 0 Å². The summed E-state index contributed by atoms with van der Waals surface area (Å²) in [5.74, 6) is -0.429. The Hall–Kier alpha value is -1.44. The molecular weight excluding hydrogens is 364 g/mol. The van der Waals surface area contributed by atoms with Crippen molar-refractivity contribution in [1.29, 1.82) is 0 Å². The molecule has 0 spiro atoms. The minimum atomic E-state index is -3.55. The van der Waals surface area contributed by atoms with E-state index in [-0.39, 0.29) is 31.0 Å². The maximum atomic E-state index is 12.8. The normalized spacial score (nSPS) is 19.5. The highest BCUT2D eigenvalue weighted by atomic mass is 35.5. The van der Waals surface area contributed by atoms with Crippen molar-refractivity contribution in [2.45, 2.75) is 36.9 Å². The average molecular weight is 387 g/mol. The fraction of sp³-hybridized carbons (Fsp3) is 0.529. The third-order valence-corrected chi connectivity index (χ3v) is 7.07. The fourth-order valence-electron chi connectivity index (χ4n) is 3.55. The first-order chi connectivity index (χ1) is 11.3. The summed E-state index contributed by atoms with van der Waals surface area (Å²) in [6.45, 7) is 0.978. The van der Waals surface area contributed by atoms with Gasteiger partial charge < -0.3 is 10.6 Å². The zero-order valence-corrected chi connectivity index (χ0v) is 15.8. The van der Waals surface area contributed by atoms with E-state index in [4.69, 9.17) is 0 Å². The predicted octanol–water partition coefficient (Wildman–Crippen LogP) is 1.73. The van der Waals surface area contributed by atoms with Gasteiger partial charge in [0.25, 0.3) is 0 Å². The van der Waals surface area contributed by atoms with E-state index < -0.39 is 20.5 Å². The van der Waals surface area contributed by atoms with E-state index in [1.54, 1.807) is 12.1 Å². The first-order valence-corrected chi connectivity index (χ1v) is 10.1. The second kappa shape index (κ2) is 7.43. The van der Waals surface area contributed by atoms with Crippen molar-refractivity contribution >= 4 is 39.6 Å². The van der Waals surface area contributed by atoms with Crippen LogP contribution in [0.4, 0.5) is 5.69 Å². The lowest BCUT2D eigenvalue weighted by Crippen LogP contribution is -2.55. The second-order valence-electron chi connectivity index (χ2n) is 6.62. The number of amides is 1. The molecule has 8 heteroatoms. The molecule has 1 saturated heterocycles. The number of carbonyl (C=O) groups is 2. The Balaban J connectivity index is 0.00000225. The summed E-state index contributed by atoms with van der Waals surface area (Å²) >= 11 is 0. The van der Waals surface area contributed by atoms with Crippen molar-refractivity contribution in [2.24, 2.45) is 0 Å². The van der Waals surface area contributed by atoms with Gasteiger partial charge in [0.05, 0.1) is 0 Å². The Morgan fingerprint density at radius 3 is 2.52 bits per heavy atom. The smallest absolute Gasteiger partial charge is 0.245 e. The van der Waals surface area contributed by atoms with Gasteiger partial charge in [-0.3, -0.25) is 9.59 Å². The van der Waals surface area contributed by atoms with E-state index in [0.717, 1.165) is 24.7 Å². The molecule has 0 saturated carbocycles. The van der Waals surface area contributed by atoms with Gasteiger partial charge in [-0.05, 0) is 56.5 Å². The van der Waals surface area contributed by atoms with E-state index in [1.807, 2.05) is 6.07 Å². The van der Waals surface area contributed by atoms with E-state index >= 15 is 0 Å². The SMILES string of the molecule is CS(=O)(=O)C1(C(=O)Nc2ccc3c(c2)C(=O)CCC3)CCNCC1.Cl. The number of piperidine rings is 1. The Labute approximate surface area is 154 Å². The first kappa shape index (κ1) is 19.9. The third-order valence-electron chi connectivity index (χ3n) is 5.05. The number of fused-ring (bicyclic) bond motifs is 1. The molecule has 138 valence electrons. The van der Waals surface area contributed by atoms with Gasteiger partial charge in [-0.1, -0.05) is 6.07 Å². The van der Waals surface area contributed by atoms with Gasteiger partial charge in [0.2, 0.25) is 5.91 Å². The number of hydrogen-bond acceptors (Lipinski definition) is 5. The Kier molecular flexibility index (Phi) is 5.91. The highest BCUT2D eigenvalue weighted by molar-refractivity contribution is 7.92. The lowest BCUT2D eigenvalue weighted by Gasteiger charge is -2.34. The number of rotatable bonds is 3. The molecule has 1 aromatic rings. The van der Waals surface area contributed by atoms with E-state index in [2.05, 4.69) is 10.6 Å². The standard InChI is InChI=1S/C17H22N2O4S.ClH/c1-24(22,23)17(7-9-18-10-8-17)16(21)19-13-6-5-12-3-2-4-15(20)14(12)11-13;/h5-6,11,18H,2-4,7-10H2,1H3,(H,19,21);1H. The van der Waals surface area contributed by atoms with Crippen LogP contribution in [0.15, 0.2) is 18.2 Å². The maximum Gasteiger partial charge on any atom is 0.245 e. The van der Waals surface area contributed by atoms with Crippen LogP contribution >= 0.6 is 12.4 Å². The number of anilines is 1. The molecule has 0 bridgehead atoms. The van der Waals surface area contributed by atoms with Gasteiger partial charge in [0.1, 0.15) is 0 Å². The molecule has 0 radical (unpaired) electrons. The van der Waals surface area contributed by atoms with E-state index in [0.29, 0.717) is 30.8 Å². The van der Waals surface area contributed by atoms with Crippen molar-refractivity contribution in [3.05, 3.63) is 29.3 Å². The van der Waals surface area contributed by atoms with Gasteiger partial charge in [0, 0.05) is 23.9 Å². The number of Topliss-reactive ketones (excluding diaryl/α,β-unsaturated/α-hetero) is 1. The molecule has 2 N–H and O–H groups in total. The molecule has 0 unspecified atom stereocenters. The quantitative estimate of drug-likeness (QED) is 0.825. The van der Waals surface area contributed by atoms with Crippen molar-refractivity contribution in [3.8, 4) is 0 Å². The summed E-state index contributed by atoms with van der Waals surface area (Å²) in [5.41, 5.74) is 2.11. The van der Waals surface area contributed by atoms with Crippen LogP contribution in [0.1, 0.15) is 41.6 Å². The van der Waals surface area contributed by atoms with Gasteiger partial charge in [-0.2, -0.15) is 0 Å². The molecular formula is C17H23ClN2O4S. The molecule has 1 amide bonds. The number of benzene rings is 1. The minimum Gasteiger partial charge on any atom is -0.325 e. The molecule has 1 fully saturated rings. The van der Waals surface area contributed by atoms with Crippen LogP contribution in [0.2, 0.25) is 0 Å². The van der Waals surface area contributed by atoms with E-state index in [1.165, 1.54) is 0 Å². The molecule has 1 aliphatic carbocycles. The molecule has 3 rings (SSSR count). The van der Waals surface area contributed by atoms with Crippen molar-refractivity contribution in [3.63, 3.8) is 0 Å². The van der Waals surface area contributed by atoms with Crippen LogP contribution in [0.5, 0.6) is 0 Å². The third kappa shape index (κ3) is 3.73. The van der Waals surface area contributed by atoms with Crippen LogP contribution in [-0.4, -0.2) is 44.2 Å². The lowest BCUT2D eigenvalue weighted by molar-refractivity contribution is -0.119. The van der Waals surface area contributed by atoms with Crippen LogP contribution in [-0.2, 0) is 21.1 Å². The van der Waals surface area contributed by atoms with E-state index in [9.17, 15) is 18.0 Å². The lowest BCUT2D eigenvalue weighted by atomic mass is 9.90. The minimum absolute atomic E-state index is 0. The number of carbonyl (C=O) groups excluding carboxylic acids is 2. The number of nitrogens with one attached hydrogen (secondary N) is 2. The number of sulfone groups is 1. The second-order valence-corrected chi connectivity index (χ2v) is 8.95. The van der Waals surface area contributed by atoms with Gasteiger partial charge >= 0.3 is 0 Å². The summed E-state index contributed by atoms with van der Waals surface area (Å²) in [6, 6.07) is 5.26. The zero-order chi connectivity index (χ0) is 17.4. The molecule has 25 heavy (non-hydrogen) atoms. The summed E-state index contributed by atoms with van der Waals surface area (Å²) < 4.78 is 23.2. The highest BCUT2D eigenvalue weighted by Gasteiger charge is 2.48. The van der Waals surface area contributed by atoms with Gasteiger partial charge in [-0.25, -0.2) is 8.42 Å². The fourth-order valence-corrected chi connectivity index (χ4v) is 4.88. The van der Waals surface area contributed by atoms with Crippen LogP contribution in [0, 0.1) is 0 Å². The molecule has 1 aliphatic heterocycles. The van der Waals surface area contributed by atoms with Crippen LogP contribution in [0.25, 0.3) is 0 Å². The van der Waals surface area contributed by atoms with Crippen molar-refractivity contribution in [1.82, 2.24) is 5.32 Å². The summed E-state index contributed by atoms with van der Waals surface area (Å²) in [7, 11) is -3.55. The molecule has 1 heterocycles. The summed E-state index contributed by atoms with van der Waals surface area (Å²) in [5, 5.41) is 5.82. The van der Waals surface area contributed by atoms with Crippen molar-refractivity contribution < 1.29 is 18.0 Å². The Morgan fingerprint density at radius 1 is 1.20 bits per heavy atom. The van der Waals surface area contributed by atoms with Crippen LogP contribution < -0.4 is 10.6 Å². The molecule has 0 atom stereocenters. The largest absolute Gasteiger partial charge is 0.325 e. The topological polar surface area (TPSA) is 92.3 Å². The van der Waals surface area contributed by atoms with Crippen molar-refractivity contribution in [2.75, 3.05) is 24.7 Å². The average Bonchev–Trinajstić information content (AvgIpc) is 2.55. The number of aryl methyl sites for hydroxylation is 1.